The number of piperidine rings is 1. The lowest BCUT2D eigenvalue weighted by Crippen LogP contribution is -2.40. The Morgan fingerprint density at radius 3 is 2.75 bits per heavy atom. The number of furan rings is 1. The van der Waals surface area contributed by atoms with Crippen molar-refractivity contribution in [3.8, 4) is 11.3 Å². The van der Waals surface area contributed by atoms with E-state index in [1.54, 1.807) is 17.0 Å². The molecule has 1 saturated heterocycles. The van der Waals surface area contributed by atoms with Crippen LogP contribution in [0.1, 0.15) is 36.4 Å². The zero-order valence-corrected chi connectivity index (χ0v) is 15.5. The summed E-state index contributed by atoms with van der Waals surface area (Å²) >= 11 is 0. The normalized spacial score (nSPS) is 16.8. The second kappa shape index (κ2) is 7.67. The number of benzene rings is 1. The lowest BCUT2D eigenvalue weighted by atomic mass is 10.1. The first-order chi connectivity index (χ1) is 13.6. The standard InChI is InChI=1S/C20H21N5O3/c1-14(26)21-16-8-6-15(7-9-16)18-13-25(23-22-18)17-4-2-10-24(12-17)20(27)19-5-3-11-28-19/h3,5-9,11,13,17H,2,4,10,12H2,1H3,(H,21,26). The highest BCUT2D eigenvalue weighted by atomic mass is 16.3. The highest BCUT2D eigenvalue weighted by molar-refractivity contribution is 5.91. The van der Waals surface area contributed by atoms with E-state index < -0.39 is 0 Å². The van der Waals surface area contributed by atoms with E-state index in [-0.39, 0.29) is 17.9 Å². The summed E-state index contributed by atoms with van der Waals surface area (Å²) in [7, 11) is 0. The molecule has 8 nitrogen and oxygen atoms in total. The minimum Gasteiger partial charge on any atom is -0.459 e. The Morgan fingerprint density at radius 2 is 2.04 bits per heavy atom. The summed E-state index contributed by atoms with van der Waals surface area (Å²) in [6, 6.07) is 10.9. The van der Waals surface area contributed by atoms with Crippen LogP contribution < -0.4 is 5.32 Å². The lowest BCUT2D eigenvalue weighted by molar-refractivity contribution is -0.114. The number of hydrogen-bond donors (Lipinski definition) is 1. The molecule has 144 valence electrons. The number of likely N-dealkylation sites (tertiary alicyclic amines) is 1. The van der Waals surface area contributed by atoms with Gasteiger partial charge in [-0.25, -0.2) is 4.68 Å². The molecule has 1 N–H and O–H groups in total. The first-order valence-electron chi connectivity index (χ1n) is 9.23. The van der Waals surface area contributed by atoms with E-state index in [1.807, 2.05) is 35.1 Å². The molecule has 2 aromatic heterocycles. The van der Waals surface area contributed by atoms with E-state index in [9.17, 15) is 9.59 Å². The van der Waals surface area contributed by atoms with Crippen LogP contribution in [0.3, 0.4) is 0 Å². The minimum absolute atomic E-state index is 0.0764. The number of aromatic nitrogens is 3. The van der Waals surface area contributed by atoms with Crippen molar-refractivity contribution in [1.29, 1.82) is 0 Å². The van der Waals surface area contributed by atoms with Gasteiger partial charge in [0.05, 0.1) is 18.5 Å². The molecule has 8 heteroatoms. The van der Waals surface area contributed by atoms with Gasteiger partial charge in [0, 0.05) is 31.3 Å². The third-order valence-corrected chi connectivity index (χ3v) is 4.80. The van der Waals surface area contributed by atoms with E-state index in [0.29, 0.717) is 18.8 Å². The maximum atomic E-state index is 12.5. The lowest BCUT2D eigenvalue weighted by Gasteiger charge is -2.32. The third-order valence-electron chi connectivity index (χ3n) is 4.80. The van der Waals surface area contributed by atoms with Crippen molar-refractivity contribution in [3.05, 3.63) is 54.6 Å². The molecule has 1 aromatic carbocycles. The van der Waals surface area contributed by atoms with Gasteiger partial charge in [-0.2, -0.15) is 0 Å². The van der Waals surface area contributed by atoms with Crippen molar-refractivity contribution in [2.75, 3.05) is 18.4 Å². The van der Waals surface area contributed by atoms with Crippen molar-refractivity contribution in [3.63, 3.8) is 0 Å². The summed E-state index contributed by atoms with van der Waals surface area (Å²) < 4.78 is 7.06. The monoisotopic (exact) mass is 379 g/mol. The number of carbonyl (C=O) groups excluding carboxylic acids is 2. The smallest absolute Gasteiger partial charge is 0.289 e. The van der Waals surface area contributed by atoms with Crippen LogP contribution in [-0.2, 0) is 4.79 Å². The van der Waals surface area contributed by atoms with Gasteiger partial charge < -0.3 is 14.6 Å². The van der Waals surface area contributed by atoms with Crippen LogP contribution in [0.2, 0.25) is 0 Å². The number of nitrogens with one attached hydrogen (secondary N) is 1. The van der Waals surface area contributed by atoms with E-state index in [1.165, 1.54) is 13.2 Å². The molecule has 1 aliphatic heterocycles. The fourth-order valence-corrected chi connectivity index (χ4v) is 3.43. The molecule has 3 aromatic rings. The average molecular weight is 379 g/mol. The third kappa shape index (κ3) is 3.80. The number of carbonyl (C=O) groups is 2. The Labute approximate surface area is 162 Å². The van der Waals surface area contributed by atoms with Crippen LogP contribution in [0.4, 0.5) is 5.69 Å². The summed E-state index contributed by atoms with van der Waals surface area (Å²) in [6.45, 7) is 2.76. The molecular formula is C20H21N5O3. The van der Waals surface area contributed by atoms with Crippen LogP contribution in [0.5, 0.6) is 0 Å². The van der Waals surface area contributed by atoms with E-state index >= 15 is 0 Å². The topological polar surface area (TPSA) is 93.3 Å². The maximum Gasteiger partial charge on any atom is 0.289 e. The molecule has 2 amide bonds. The summed E-state index contributed by atoms with van der Waals surface area (Å²) in [4.78, 5) is 25.5. The molecule has 3 heterocycles. The van der Waals surface area contributed by atoms with Crippen LogP contribution in [0.15, 0.2) is 53.3 Å². The van der Waals surface area contributed by atoms with Crippen molar-refractivity contribution in [2.24, 2.45) is 0 Å². The number of amides is 2. The SMILES string of the molecule is CC(=O)Nc1ccc(-c2cn(C3CCCN(C(=O)c4ccco4)C3)nn2)cc1. The fourth-order valence-electron chi connectivity index (χ4n) is 3.43. The predicted molar refractivity (Wildman–Crippen MR) is 103 cm³/mol. The zero-order chi connectivity index (χ0) is 19.5. The van der Waals surface area contributed by atoms with Crippen molar-refractivity contribution in [2.45, 2.75) is 25.8 Å². The Morgan fingerprint density at radius 1 is 1.21 bits per heavy atom. The van der Waals surface area contributed by atoms with Gasteiger partial charge >= 0.3 is 0 Å². The largest absolute Gasteiger partial charge is 0.459 e. The van der Waals surface area contributed by atoms with E-state index in [0.717, 1.165) is 29.8 Å². The molecule has 1 unspecified atom stereocenters. The molecule has 0 radical (unpaired) electrons. The van der Waals surface area contributed by atoms with Crippen molar-refractivity contribution < 1.29 is 14.0 Å². The quantitative estimate of drug-likeness (QED) is 0.752. The molecule has 28 heavy (non-hydrogen) atoms. The fraction of sp³-hybridized carbons (Fsp3) is 0.300. The molecule has 1 fully saturated rings. The molecule has 0 saturated carbocycles. The molecule has 0 spiro atoms. The van der Waals surface area contributed by atoms with Crippen LogP contribution in [0.25, 0.3) is 11.3 Å². The Bertz CT molecular complexity index is 962. The Kier molecular flexibility index (Phi) is 4.92. The average Bonchev–Trinajstić information content (AvgIpc) is 3.40. The first kappa shape index (κ1) is 18.0. The number of anilines is 1. The van der Waals surface area contributed by atoms with Gasteiger partial charge in [0.15, 0.2) is 5.76 Å². The zero-order valence-electron chi connectivity index (χ0n) is 15.5. The second-order valence-corrected chi connectivity index (χ2v) is 6.87. The molecule has 1 atom stereocenters. The number of nitrogens with zero attached hydrogens (tertiary/aromatic N) is 4. The summed E-state index contributed by atoms with van der Waals surface area (Å²) in [5, 5.41) is 11.3. The van der Waals surface area contributed by atoms with E-state index in [2.05, 4.69) is 15.6 Å². The van der Waals surface area contributed by atoms with Gasteiger partial charge in [-0.1, -0.05) is 17.3 Å². The highest BCUT2D eigenvalue weighted by Crippen LogP contribution is 2.25. The van der Waals surface area contributed by atoms with Gasteiger partial charge in [0.25, 0.3) is 5.91 Å². The number of rotatable bonds is 4. The van der Waals surface area contributed by atoms with Crippen molar-refractivity contribution >= 4 is 17.5 Å². The minimum atomic E-state index is -0.107. The van der Waals surface area contributed by atoms with Crippen LogP contribution in [-0.4, -0.2) is 44.8 Å². The molecular weight excluding hydrogens is 358 g/mol. The summed E-state index contributed by atoms with van der Waals surface area (Å²) in [6.07, 6.45) is 5.25. The van der Waals surface area contributed by atoms with Gasteiger partial charge in [0.2, 0.25) is 5.91 Å². The maximum absolute atomic E-state index is 12.5. The predicted octanol–water partition coefficient (Wildman–Crippen LogP) is 2.97. The summed E-state index contributed by atoms with van der Waals surface area (Å²) in [5.74, 6) is 0.160. The van der Waals surface area contributed by atoms with Gasteiger partial charge in [-0.3, -0.25) is 9.59 Å². The van der Waals surface area contributed by atoms with Crippen LogP contribution >= 0.6 is 0 Å². The van der Waals surface area contributed by atoms with E-state index in [4.69, 9.17) is 4.42 Å². The highest BCUT2D eigenvalue weighted by Gasteiger charge is 2.27. The van der Waals surface area contributed by atoms with Gasteiger partial charge in [-0.05, 0) is 37.1 Å². The van der Waals surface area contributed by atoms with Crippen LogP contribution in [0, 0.1) is 0 Å². The molecule has 0 aliphatic carbocycles. The first-order valence-corrected chi connectivity index (χ1v) is 9.23. The van der Waals surface area contributed by atoms with Gasteiger partial charge in [0.1, 0.15) is 5.69 Å². The molecule has 4 rings (SSSR count). The second-order valence-electron chi connectivity index (χ2n) is 6.87. The summed E-state index contributed by atoms with van der Waals surface area (Å²) in [5.41, 5.74) is 2.41. The molecule has 0 bridgehead atoms. The van der Waals surface area contributed by atoms with Gasteiger partial charge in [-0.15, -0.1) is 5.10 Å². The number of hydrogen-bond acceptors (Lipinski definition) is 5. The van der Waals surface area contributed by atoms with Crippen molar-refractivity contribution in [1.82, 2.24) is 19.9 Å². The Balaban J connectivity index is 1.46. The Hall–Kier alpha value is -3.42. The molecule has 1 aliphatic rings.